The van der Waals surface area contributed by atoms with Crippen molar-refractivity contribution in [1.82, 2.24) is 0 Å². The third-order valence-electron chi connectivity index (χ3n) is 1.40. The molecule has 0 saturated heterocycles. The maximum absolute atomic E-state index is 10.4. The number of rotatable bonds is 1. The van der Waals surface area contributed by atoms with E-state index in [1.54, 1.807) is 7.11 Å². The molecule has 0 aromatic rings. The minimum atomic E-state index is -0.225. The van der Waals surface area contributed by atoms with Gasteiger partial charge in [0.2, 0.25) is 0 Å². The predicted molar refractivity (Wildman–Crippen MR) is 49.2 cm³/mol. The molecule has 1 aliphatic rings. The van der Waals surface area contributed by atoms with Gasteiger partial charge in [-0.05, 0) is 6.92 Å². The molecule has 0 N–H and O–H groups in total. The van der Waals surface area contributed by atoms with Crippen LogP contribution in [0.5, 0.6) is 0 Å². The van der Waals surface area contributed by atoms with E-state index >= 15 is 0 Å². The average molecular weight is 235 g/mol. The van der Waals surface area contributed by atoms with Crippen LogP contribution in [0.1, 0.15) is 6.92 Å². The van der Waals surface area contributed by atoms with Crippen molar-refractivity contribution in [3.05, 3.63) is 14.3 Å². The molecule has 4 heteroatoms. The zero-order chi connectivity index (χ0) is 8.43. The fraction of sp³-hybridized carbons (Fsp3) is 0.429. The Morgan fingerprint density at radius 1 is 1.73 bits per heavy atom. The highest BCUT2D eigenvalue weighted by atomic mass is 79.9. The number of hydrogen-bond donors (Lipinski definition) is 0. The Morgan fingerprint density at radius 3 is 2.73 bits per heavy atom. The summed E-state index contributed by atoms with van der Waals surface area (Å²) in [5.74, 6) is 1.86. The molecular weight excluding hydrogens is 228 g/mol. The molecule has 1 aliphatic heterocycles. The van der Waals surface area contributed by atoms with Gasteiger partial charge in [-0.15, -0.1) is 0 Å². The molecule has 60 valence electrons. The Labute approximate surface area is 77.8 Å². The summed E-state index contributed by atoms with van der Waals surface area (Å²) in [5, 5.41) is 0. The summed E-state index contributed by atoms with van der Waals surface area (Å²) in [6, 6.07) is 0. The standard InChI is InChI=1S/C7H7BrO2S/c1-4-6(8)7(10-2)5(3-9)11-4/h7H,1-2H3. The van der Waals surface area contributed by atoms with E-state index in [0.717, 1.165) is 9.39 Å². The first kappa shape index (κ1) is 9.07. The minimum absolute atomic E-state index is 0.225. The van der Waals surface area contributed by atoms with Gasteiger partial charge in [-0.1, -0.05) is 27.7 Å². The highest BCUT2D eigenvalue weighted by molar-refractivity contribution is 9.12. The molecule has 1 rings (SSSR count). The molecule has 0 aromatic heterocycles. The lowest BCUT2D eigenvalue weighted by atomic mass is 10.3. The van der Waals surface area contributed by atoms with Crippen LogP contribution in [0.25, 0.3) is 0 Å². The molecule has 1 atom stereocenters. The molecule has 1 heterocycles. The van der Waals surface area contributed by atoms with Crippen LogP contribution < -0.4 is 0 Å². The van der Waals surface area contributed by atoms with E-state index in [1.165, 1.54) is 11.8 Å². The van der Waals surface area contributed by atoms with Crippen LogP contribution in [-0.4, -0.2) is 19.2 Å². The van der Waals surface area contributed by atoms with Crippen molar-refractivity contribution in [2.75, 3.05) is 7.11 Å². The van der Waals surface area contributed by atoms with Crippen LogP contribution in [0.15, 0.2) is 14.3 Å². The molecule has 0 fully saturated rings. The van der Waals surface area contributed by atoms with Gasteiger partial charge in [0.05, 0.1) is 0 Å². The molecule has 0 spiro atoms. The van der Waals surface area contributed by atoms with Crippen LogP contribution in [0.2, 0.25) is 0 Å². The Bertz CT molecular complexity index is 253. The van der Waals surface area contributed by atoms with Crippen molar-refractivity contribution < 1.29 is 9.53 Å². The van der Waals surface area contributed by atoms with Crippen LogP contribution in [0.3, 0.4) is 0 Å². The molecular formula is C7H7BrO2S. The quantitative estimate of drug-likeness (QED) is 0.651. The van der Waals surface area contributed by atoms with Gasteiger partial charge in [-0.2, -0.15) is 0 Å². The number of hydrogen-bond acceptors (Lipinski definition) is 3. The van der Waals surface area contributed by atoms with Gasteiger partial charge in [0, 0.05) is 16.5 Å². The maximum atomic E-state index is 10.4. The topological polar surface area (TPSA) is 26.3 Å². The van der Waals surface area contributed by atoms with Gasteiger partial charge in [0.15, 0.2) is 0 Å². The van der Waals surface area contributed by atoms with E-state index in [9.17, 15) is 4.79 Å². The SMILES string of the molecule is COC1C(=C=O)SC(C)=C1Br. The van der Waals surface area contributed by atoms with E-state index in [-0.39, 0.29) is 6.10 Å². The third-order valence-corrected chi connectivity index (χ3v) is 3.72. The van der Waals surface area contributed by atoms with E-state index in [2.05, 4.69) is 15.9 Å². The highest BCUT2D eigenvalue weighted by Gasteiger charge is 2.28. The van der Waals surface area contributed by atoms with E-state index in [1.807, 2.05) is 12.9 Å². The molecule has 0 saturated carbocycles. The van der Waals surface area contributed by atoms with Gasteiger partial charge in [-0.25, -0.2) is 4.79 Å². The lowest BCUT2D eigenvalue weighted by Crippen LogP contribution is -2.08. The van der Waals surface area contributed by atoms with Crippen molar-refractivity contribution in [2.24, 2.45) is 0 Å². The number of allylic oxidation sites excluding steroid dienone is 1. The van der Waals surface area contributed by atoms with Crippen molar-refractivity contribution in [1.29, 1.82) is 0 Å². The van der Waals surface area contributed by atoms with E-state index in [0.29, 0.717) is 4.91 Å². The average Bonchev–Trinajstić information content (AvgIpc) is 2.28. The second kappa shape index (κ2) is 3.59. The zero-order valence-electron chi connectivity index (χ0n) is 6.18. The first-order valence-electron chi connectivity index (χ1n) is 3.02. The third kappa shape index (κ3) is 1.59. The maximum Gasteiger partial charge on any atom is 0.138 e. The first-order chi connectivity index (χ1) is 5.20. The Balaban J connectivity index is 2.96. The number of carbonyl (C=O) groups excluding carboxylic acids is 1. The van der Waals surface area contributed by atoms with Crippen molar-refractivity contribution in [3.63, 3.8) is 0 Å². The normalized spacial score (nSPS) is 24.3. The number of methoxy groups -OCH3 is 1. The summed E-state index contributed by atoms with van der Waals surface area (Å²) < 4.78 is 6.01. The first-order valence-corrected chi connectivity index (χ1v) is 4.63. The Kier molecular flexibility index (Phi) is 2.96. The van der Waals surface area contributed by atoms with Crippen LogP contribution in [0.4, 0.5) is 0 Å². The largest absolute Gasteiger partial charge is 0.370 e. The molecule has 0 aliphatic carbocycles. The van der Waals surface area contributed by atoms with Crippen LogP contribution >= 0.6 is 27.7 Å². The summed E-state index contributed by atoms with van der Waals surface area (Å²) in [5.41, 5.74) is 0. The second-order valence-corrected chi connectivity index (χ2v) is 4.20. The Hall–Kier alpha value is -0.0200. The molecule has 1 unspecified atom stereocenters. The molecule has 2 nitrogen and oxygen atoms in total. The minimum Gasteiger partial charge on any atom is -0.370 e. The van der Waals surface area contributed by atoms with Crippen LogP contribution in [0, 0.1) is 0 Å². The fourth-order valence-electron chi connectivity index (χ4n) is 0.852. The fourth-order valence-corrected chi connectivity index (χ4v) is 2.56. The molecule has 0 aromatic carbocycles. The smallest absolute Gasteiger partial charge is 0.138 e. The number of ether oxygens (including phenoxy) is 1. The summed E-state index contributed by atoms with van der Waals surface area (Å²) in [6.07, 6.45) is -0.225. The lowest BCUT2D eigenvalue weighted by Gasteiger charge is -2.05. The zero-order valence-corrected chi connectivity index (χ0v) is 8.58. The molecule has 0 radical (unpaired) electrons. The van der Waals surface area contributed by atoms with Gasteiger partial charge < -0.3 is 4.74 Å². The van der Waals surface area contributed by atoms with Gasteiger partial charge in [0.25, 0.3) is 0 Å². The summed E-state index contributed by atoms with van der Waals surface area (Å²) in [7, 11) is 1.57. The van der Waals surface area contributed by atoms with E-state index in [4.69, 9.17) is 4.74 Å². The molecule has 0 bridgehead atoms. The molecule has 11 heavy (non-hydrogen) atoms. The lowest BCUT2D eigenvalue weighted by molar-refractivity contribution is 0.174. The van der Waals surface area contributed by atoms with Gasteiger partial charge in [-0.3, -0.25) is 0 Å². The highest BCUT2D eigenvalue weighted by Crippen LogP contribution is 2.43. The summed E-state index contributed by atoms with van der Waals surface area (Å²) in [4.78, 5) is 12.0. The van der Waals surface area contributed by atoms with Gasteiger partial charge in [0.1, 0.15) is 17.0 Å². The summed E-state index contributed by atoms with van der Waals surface area (Å²) in [6.45, 7) is 1.94. The Morgan fingerprint density at radius 2 is 2.36 bits per heavy atom. The monoisotopic (exact) mass is 234 g/mol. The number of thioether (sulfide) groups is 1. The van der Waals surface area contributed by atoms with Gasteiger partial charge >= 0.3 is 0 Å². The number of halogens is 1. The molecule has 0 amide bonds. The second-order valence-electron chi connectivity index (χ2n) is 2.09. The predicted octanol–water partition coefficient (Wildman–Crippen LogP) is 2.09. The van der Waals surface area contributed by atoms with Crippen molar-refractivity contribution >= 4 is 33.6 Å². The summed E-state index contributed by atoms with van der Waals surface area (Å²) >= 11 is 4.75. The van der Waals surface area contributed by atoms with Crippen molar-refractivity contribution in [2.45, 2.75) is 13.0 Å². The van der Waals surface area contributed by atoms with E-state index < -0.39 is 0 Å². The van der Waals surface area contributed by atoms with Crippen LogP contribution in [-0.2, 0) is 9.53 Å². The van der Waals surface area contributed by atoms with Crippen molar-refractivity contribution in [3.8, 4) is 0 Å².